The molecule has 0 aliphatic heterocycles. The average Bonchev–Trinajstić information content (AvgIpc) is 2.20. The lowest BCUT2D eigenvalue weighted by molar-refractivity contribution is 0.595. The molecule has 3 heteroatoms. The lowest BCUT2D eigenvalue weighted by atomic mass is 10.3. The monoisotopic (exact) mass is 230 g/mol. The second-order valence-corrected chi connectivity index (χ2v) is 5.79. The lowest BCUT2D eigenvalue weighted by Gasteiger charge is -1.99. The normalized spacial score (nSPS) is 12.9. The number of hydrogen-bond donors (Lipinski definition) is 0. The Morgan fingerprint density at radius 2 is 1.20 bits per heavy atom. The highest BCUT2D eigenvalue weighted by molar-refractivity contribution is 7.91. The summed E-state index contributed by atoms with van der Waals surface area (Å²) in [5.41, 5.74) is 0. The van der Waals surface area contributed by atoms with Gasteiger partial charge in [-0.05, 0) is 25.7 Å². The van der Waals surface area contributed by atoms with Gasteiger partial charge in [0.25, 0.3) is 0 Å². The van der Waals surface area contributed by atoms with Crippen LogP contribution in [0, 0.1) is 0 Å². The maximum absolute atomic E-state index is 11.5. The molecule has 0 spiro atoms. The van der Waals surface area contributed by atoms with Crippen LogP contribution in [-0.2, 0) is 9.84 Å². The van der Waals surface area contributed by atoms with Crippen LogP contribution >= 0.6 is 0 Å². The largest absolute Gasteiger partial charge is 0.229 e. The summed E-state index contributed by atoms with van der Waals surface area (Å²) in [6.07, 6.45) is 11.1. The zero-order valence-electron chi connectivity index (χ0n) is 9.78. The van der Waals surface area contributed by atoms with Crippen LogP contribution in [0.1, 0.15) is 39.5 Å². The minimum atomic E-state index is -2.85. The maximum atomic E-state index is 11.5. The second kappa shape index (κ2) is 8.72. The molecule has 0 heterocycles. The summed E-state index contributed by atoms with van der Waals surface area (Å²) in [6, 6.07) is 0. The Hall–Kier alpha value is -0.570. The van der Waals surface area contributed by atoms with E-state index >= 15 is 0 Å². The highest BCUT2D eigenvalue weighted by Gasteiger charge is 2.07. The van der Waals surface area contributed by atoms with Crippen molar-refractivity contribution in [3.8, 4) is 0 Å². The minimum Gasteiger partial charge on any atom is -0.229 e. The molecule has 0 aromatic carbocycles. The van der Waals surface area contributed by atoms with Crippen LogP contribution < -0.4 is 0 Å². The van der Waals surface area contributed by atoms with Crippen LogP contribution in [0.5, 0.6) is 0 Å². The van der Waals surface area contributed by atoms with Gasteiger partial charge in [-0.2, -0.15) is 0 Å². The van der Waals surface area contributed by atoms with E-state index in [4.69, 9.17) is 0 Å². The Morgan fingerprint density at radius 3 is 1.53 bits per heavy atom. The first-order chi connectivity index (χ1) is 7.12. The van der Waals surface area contributed by atoms with Gasteiger partial charge in [0.15, 0.2) is 9.84 Å². The van der Waals surface area contributed by atoms with Crippen molar-refractivity contribution < 1.29 is 8.42 Å². The number of sulfone groups is 1. The van der Waals surface area contributed by atoms with Crippen LogP contribution in [0.15, 0.2) is 24.3 Å². The fourth-order valence-corrected chi connectivity index (χ4v) is 2.36. The molecule has 0 amide bonds. The number of allylic oxidation sites excluding steroid dienone is 4. The van der Waals surface area contributed by atoms with E-state index in [2.05, 4.69) is 0 Å². The van der Waals surface area contributed by atoms with Crippen molar-refractivity contribution in [1.29, 1.82) is 0 Å². The molecule has 0 aromatic heterocycles. The van der Waals surface area contributed by atoms with E-state index in [0.29, 0.717) is 12.8 Å². The predicted molar refractivity (Wildman–Crippen MR) is 66.7 cm³/mol. The Kier molecular flexibility index (Phi) is 8.38. The summed E-state index contributed by atoms with van der Waals surface area (Å²) < 4.78 is 23.0. The van der Waals surface area contributed by atoms with Crippen LogP contribution in [-0.4, -0.2) is 19.9 Å². The SMILES string of the molecule is CCC=CCCS(=O)(=O)CCC=CCC. The first-order valence-electron chi connectivity index (χ1n) is 5.62. The van der Waals surface area contributed by atoms with E-state index in [9.17, 15) is 8.42 Å². The van der Waals surface area contributed by atoms with Crippen molar-refractivity contribution in [2.75, 3.05) is 11.5 Å². The van der Waals surface area contributed by atoms with E-state index in [-0.39, 0.29) is 11.5 Å². The predicted octanol–water partition coefficient (Wildman–Crippen LogP) is 3.11. The van der Waals surface area contributed by atoms with Crippen LogP contribution in [0.25, 0.3) is 0 Å². The van der Waals surface area contributed by atoms with Crippen molar-refractivity contribution in [3.63, 3.8) is 0 Å². The van der Waals surface area contributed by atoms with Crippen molar-refractivity contribution in [2.45, 2.75) is 39.5 Å². The lowest BCUT2D eigenvalue weighted by Crippen LogP contribution is -2.09. The van der Waals surface area contributed by atoms with Gasteiger partial charge in [0.2, 0.25) is 0 Å². The molecule has 0 radical (unpaired) electrons. The third-order valence-corrected chi connectivity index (χ3v) is 3.71. The first-order valence-corrected chi connectivity index (χ1v) is 7.45. The molecule has 0 saturated carbocycles. The summed E-state index contributed by atoms with van der Waals surface area (Å²) >= 11 is 0. The van der Waals surface area contributed by atoms with Crippen LogP contribution in [0.4, 0.5) is 0 Å². The van der Waals surface area contributed by atoms with Gasteiger partial charge in [0.1, 0.15) is 0 Å². The molecule has 15 heavy (non-hydrogen) atoms. The topological polar surface area (TPSA) is 34.1 Å². The van der Waals surface area contributed by atoms with Crippen molar-refractivity contribution >= 4 is 9.84 Å². The smallest absolute Gasteiger partial charge is 0.150 e. The number of rotatable bonds is 8. The van der Waals surface area contributed by atoms with Gasteiger partial charge >= 0.3 is 0 Å². The van der Waals surface area contributed by atoms with Gasteiger partial charge in [-0.15, -0.1) is 0 Å². The summed E-state index contributed by atoms with van der Waals surface area (Å²) in [6.45, 7) is 4.08. The molecule has 0 rings (SSSR count). The van der Waals surface area contributed by atoms with E-state index in [1.165, 1.54) is 0 Å². The molecule has 2 nitrogen and oxygen atoms in total. The standard InChI is InChI=1S/C12H22O2S/c1-3-5-7-9-11-15(13,14)12-10-8-6-4-2/h5-8H,3-4,9-12H2,1-2H3. The quantitative estimate of drug-likeness (QED) is 0.600. The van der Waals surface area contributed by atoms with Gasteiger partial charge < -0.3 is 0 Å². The van der Waals surface area contributed by atoms with Gasteiger partial charge in [-0.25, -0.2) is 8.42 Å². The zero-order valence-corrected chi connectivity index (χ0v) is 10.6. The Balaban J connectivity index is 3.77. The van der Waals surface area contributed by atoms with Crippen LogP contribution in [0.2, 0.25) is 0 Å². The molecule has 0 bridgehead atoms. The van der Waals surface area contributed by atoms with Crippen molar-refractivity contribution in [1.82, 2.24) is 0 Å². The van der Waals surface area contributed by atoms with Gasteiger partial charge in [-0.3, -0.25) is 0 Å². The first kappa shape index (κ1) is 14.4. The zero-order chi connectivity index (χ0) is 11.6. The highest BCUT2D eigenvalue weighted by Crippen LogP contribution is 1.99. The Bertz CT molecular complexity index is 263. The summed E-state index contributed by atoms with van der Waals surface area (Å²) in [5, 5.41) is 0. The summed E-state index contributed by atoms with van der Waals surface area (Å²) in [7, 11) is -2.85. The van der Waals surface area contributed by atoms with Crippen molar-refractivity contribution in [2.24, 2.45) is 0 Å². The Morgan fingerprint density at radius 1 is 0.800 bits per heavy atom. The molecular weight excluding hydrogens is 208 g/mol. The molecule has 0 aliphatic carbocycles. The third kappa shape index (κ3) is 9.73. The molecule has 0 aliphatic rings. The summed E-state index contributed by atoms with van der Waals surface area (Å²) in [4.78, 5) is 0. The average molecular weight is 230 g/mol. The second-order valence-electron chi connectivity index (χ2n) is 3.49. The van der Waals surface area contributed by atoms with Gasteiger partial charge in [0, 0.05) is 0 Å². The molecule has 0 aromatic rings. The molecule has 0 fully saturated rings. The molecule has 88 valence electrons. The van der Waals surface area contributed by atoms with E-state index in [1.807, 2.05) is 38.2 Å². The van der Waals surface area contributed by atoms with E-state index in [0.717, 1.165) is 12.8 Å². The van der Waals surface area contributed by atoms with E-state index in [1.54, 1.807) is 0 Å². The minimum absolute atomic E-state index is 0.281. The van der Waals surface area contributed by atoms with E-state index < -0.39 is 9.84 Å². The van der Waals surface area contributed by atoms with Gasteiger partial charge in [-0.1, -0.05) is 38.2 Å². The van der Waals surface area contributed by atoms with Gasteiger partial charge in [0.05, 0.1) is 11.5 Å². The van der Waals surface area contributed by atoms with Crippen molar-refractivity contribution in [3.05, 3.63) is 24.3 Å². The maximum Gasteiger partial charge on any atom is 0.150 e. The fourth-order valence-electron chi connectivity index (χ4n) is 1.17. The van der Waals surface area contributed by atoms with Crippen LogP contribution in [0.3, 0.4) is 0 Å². The number of hydrogen-bond acceptors (Lipinski definition) is 2. The molecule has 0 atom stereocenters. The molecule has 0 N–H and O–H groups in total. The molecular formula is C12H22O2S. The molecule has 0 saturated heterocycles. The summed E-state index contributed by atoms with van der Waals surface area (Å²) in [5.74, 6) is 0.562. The molecule has 0 unspecified atom stereocenters. The third-order valence-electron chi connectivity index (χ3n) is 2.00. The highest BCUT2D eigenvalue weighted by atomic mass is 32.2. The Labute approximate surface area is 94.0 Å². The fraction of sp³-hybridized carbons (Fsp3) is 0.667.